The van der Waals surface area contributed by atoms with E-state index in [0.29, 0.717) is 0 Å². The van der Waals surface area contributed by atoms with Crippen molar-refractivity contribution in [2.45, 2.75) is 104 Å². The minimum atomic E-state index is 0.218. The van der Waals surface area contributed by atoms with Crippen LogP contribution in [0.2, 0.25) is 0 Å². The van der Waals surface area contributed by atoms with Crippen molar-refractivity contribution in [2.75, 3.05) is 5.32 Å². The highest BCUT2D eigenvalue weighted by molar-refractivity contribution is 5.61. The molecule has 160 valence electrons. The van der Waals surface area contributed by atoms with Gasteiger partial charge in [-0.1, -0.05) is 104 Å². The average molecular weight is 394 g/mol. The van der Waals surface area contributed by atoms with Crippen LogP contribution in [0.15, 0.2) is 48.5 Å². The fourth-order valence-electron chi connectivity index (χ4n) is 4.13. The highest BCUT2D eigenvalue weighted by atomic mass is 14.9. The predicted octanol–water partition coefficient (Wildman–Crippen LogP) is 9.15. The Kier molecular flexibility index (Phi) is 8.80. The maximum absolute atomic E-state index is 3.66. The highest BCUT2D eigenvalue weighted by Crippen LogP contribution is 2.33. The Morgan fingerprint density at radius 3 is 1.41 bits per heavy atom. The van der Waals surface area contributed by atoms with E-state index < -0.39 is 0 Å². The van der Waals surface area contributed by atoms with E-state index in [4.69, 9.17) is 0 Å². The normalized spacial score (nSPS) is 12.2. The number of rotatable bonds is 12. The molecule has 0 radical (unpaired) electrons. The van der Waals surface area contributed by atoms with Gasteiger partial charge in [-0.15, -0.1) is 0 Å². The van der Waals surface area contributed by atoms with Crippen molar-refractivity contribution in [2.24, 2.45) is 0 Å². The van der Waals surface area contributed by atoms with Crippen LogP contribution in [0.3, 0.4) is 0 Å². The van der Waals surface area contributed by atoms with E-state index in [9.17, 15) is 0 Å². The molecule has 0 bridgehead atoms. The minimum Gasteiger partial charge on any atom is -0.356 e. The summed E-state index contributed by atoms with van der Waals surface area (Å²) in [5.41, 5.74) is 5.66. The summed E-state index contributed by atoms with van der Waals surface area (Å²) in [6.45, 7) is 14.1. The van der Waals surface area contributed by atoms with Gasteiger partial charge in [0.1, 0.15) is 0 Å². The van der Waals surface area contributed by atoms with Crippen molar-refractivity contribution in [3.8, 4) is 0 Å². The number of nitrogens with one attached hydrogen (secondary N) is 1. The fraction of sp³-hybridized carbons (Fsp3) is 0.571. The summed E-state index contributed by atoms with van der Waals surface area (Å²) in [6, 6.07) is 18.0. The molecule has 0 aliphatic carbocycles. The molecule has 2 rings (SSSR count). The van der Waals surface area contributed by atoms with E-state index in [1.807, 2.05) is 0 Å². The number of unbranched alkanes of at least 4 members (excludes halogenated alkanes) is 4. The molecule has 0 aromatic heterocycles. The average Bonchev–Trinajstić information content (AvgIpc) is 2.69. The van der Waals surface area contributed by atoms with Crippen LogP contribution in [0.25, 0.3) is 0 Å². The van der Waals surface area contributed by atoms with Crippen LogP contribution in [-0.2, 0) is 10.8 Å². The largest absolute Gasteiger partial charge is 0.356 e. The van der Waals surface area contributed by atoms with Gasteiger partial charge in [-0.3, -0.25) is 0 Å². The maximum Gasteiger partial charge on any atom is 0.0387 e. The van der Waals surface area contributed by atoms with Crippen LogP contribution in [0.5, 0.6) is 0 Å². The predicted molar refractivity (Wildman–Crippen MR) is 131 cm³/mol. The molecule has 0 heterocycles. The summed E-state index contributed by atoms with van der Waals surface area (Å²) in [4.78, 5) is 0. The van der Waals surface area contributed by atoms with Gasteiger partial charge in [0.2, 0.25) is 0 Å². The second-order valence-corrected chi connectivity index (χ2v) is 9.97. The first-order chi connectivity index (χ1) is 13.8. The zero-order chi connectivity index (χ0) is 21.3. The second-order valence-electron chi connectivity index (χ2n) is 9.97. The van der Waals surface area contributed by atoms with Gasteiger partial charge in [0.25, 0.3) is 0 Å². The number of benzene rings is 2. The van der Waals surface area contributed by atoms with Crippen LogP contribution < -0.4 is 5.32 Å². The molecule has 1 nitrogen and oxygen atoms in total. The Bertz CT molecular complexity index is 678. The summed E-state index contributed by atoms with van der Waals surface area (Å²) < 4.78 is 0. The molecule has 2 aromatic carbocycles. The van der Waals surface area contributed by atoms with Gasteiger partial charge in [0.05, 0.1) is 0 Å². The van der Waals surface area contributed by atoms with Crippen molar-refractivity contribution in [3.63, 3.8) is 0 Å². The van der Waals surface area contributed by atoms with Crippen LogP contribution in [0, 0.1) is 0 Å². The molecular weight excluding hydrogens is 350 g/mol. The third-order valence-corrected chi connectivity index (χ3v) is 6.39. The van der Waals surface area contributed by atoms with E-state index >= 15 is 0 Å². The Morgan fingerprint density at radius 2 is 1.03 bits per heavy atom. The van der Waals surface area contributed by atoms with E-state index in [1.165, 1.54) is 73.9 Å². The fourth-order valence-corrected chi connectivity index (χ4v) is 4.13. The van der Waals surface area contributed by atoms with Gasteiger partial charge >= 0.3 is 0 Å². The zero-order valence-electron chi connectivity index (χ0n) is 19.8. The second kappa shape index (κ2) is 10.9. The van der Waals surface area contributed by atoms with Crippen molar-refractivity contribution < 1.29 is 0 Å². The first kappa shape index (κ1) is 23.5. The van der Waals surface area contributed by atoms with Crippen molar-refractivity contribution in [1.29, 1.82) is 0 Å². The van der Waals surface area contributed by atoms with Crippen LogP contribution in [-0.4, -0.2) is 0 Å². The van der Waals surface area contributed by atoms with E-state index in [-0.39, 0.29) is 10.8 Å². The molecule has 1 N–H and O–H groups in total. The van der Waals surface area contributed by atoms with Crippen LogP contribution >= 0.6 is 0 Å². The van der Waals surface area contributed by atoms with Crippen LogP contribution in [0.4, 0.5) is 11.4 Å². The Morgan fingerprint density at radius 1 is 0.621 bits per heavy atom. The molecule has 0 atom stereocenters. The summed E-state index contributed by atoms with van der Waals surface area (Å²) >= 11 is 0. The van der Waals surface area contributed by atoms with Crippen molar-refractivity contribution >= 4 is 11.4 Å². The van der Waals surface area contributed by atoms with E-state index in [2.05, 4.69) is 95.4 Å². The van der Waals surface area contributed by atoms with Gasteiger partial charge < -0.3 is 5.32 Å². The lowest BCUT2D eigenvalue weighted by Crippen LogP contribution is -2.17. The number of hydrogen-bond donors (Lipinski definition) is 1. The Hall–Kier alpha value is -1.76. The molecule has 0 aliphatic rings. The van der Waals surface area contributed by atoms with E-state index in [0.717, 1.165) is 0 Å². The number of anilines is 2. The lowest BCUT2D eigenvalue weighted by molar-refractivity contribution is 0.450. The smallest absolute Gasteiger partial charge is 0.0387 e. The minimum absolute atomic E-state index is 0.218. The summed E-state index contributed by atoms with van der Waals surface area (Å²) in [5.74, 6) is 0. The standard InChI is InChI=1S/C28H43N/c1-7-9-11-19-27(3,4)23-15-13-17-25(21-23)29-26-18-14-16-24(22-26)28(5,6)20-12-10-8-2/h13-18,21-22,29H,7-12,19-20H2,1-6H3. The third kappa shape index (κ3) is 7.21. The van der Waals surface area contributed by atoms with Gasteiger partial charge in [0, 0.05) is 11.4 Å². The number of hydrogen-bond acceptors (Lipinski definition) is 1. The lowest BCUT2D eigenvalue weighted by Gasteiger charge is -2.27. The SMILES string of the molecule is CCCCCC(C)(C)c1cccc(Nc2cccc(C(C)(C)CCCCC)c2)c1. The molecule has 0 saturated heterocycles. The zero-order valence-corrected chi connectivity index (χ0v) is 19.8. The quantitative estimate of drug-likeness (QED) is 0.354. The molecule has 0 saturated carbocycles. The van der Waals surface area contributed by atoms with Crippen molar-refractivity contribution in [1.82, 2.24) is 0 Å². The summed E-state index contributed by atoms with van der Waals surface area (Å²) in [6.07, 6.45) is 10.3. The highest BCUT2D eigenvalue weighted by Gasteiger charge is 2.21. The van der Waals surface area contributed by atoms with Crippen LogP contribution in [0.1, 0.15) is 104 Å². The van der Waals surface area contributed by atoms with Gasteiger partial charge in [-0.25, -0.2) is 0 Å². The first-order valence-electron chi connectivity index (χ1n) is 11.8. The molecule has 1 heteroatoms. The Labute approximate surface area is 180 Å². The molecule has 0 aliphatic heterocycles. The molecule has 29 heavy (non-hydrogen) atoms. The summed E-state index contributed by atoms with van der Waals surface area (Å²) in [5, 5.41) is 3.66. The monoisotopic (exact) mass is 393 g/mol. The summed E-state index contributed by atoms with van der Waals surface area (Å²) in [7, 11) is 0. The third-order valence-electron chi connectivity index (χ3n) is 6.39. The molecule has 0 spiro atoms. The van der Waals surface area contributed by atoms with Gasteiger partial charge in [-0.2, -0.15) is 0 Å². The lowest BCUT2D eigenvalue weighted by atomic mass is 9.79. The Balaban J connectivity index is 2.12. The molecule has 0 fully saturated rings. The molecule has 2 aromatic rings. The molecular formula is C28H43N. The van der Waals surface area contributed by atoms with Gasteiger partial charge in [0.15, 0.2) is 0 Å². The molecule has 0 unspecified atom stereocenters. The first-order valence-corrected chi connectivity index (χ1v) is 11.8. The molecule has 0 amide bonds. The van der Waals surface area contributed by atoms with E-state index in [1.54, 1.807) is 0 Å². The topological polar surface area (TPSA) is 12.0 Å². The van der Waals surface area contributed by atoms with Gasteiger partial charge in [-0.05, 0) is 59.1 Å². The maximum atomic E-state index is 3.66. The van der Waals surface area contributed by atoms with Crippen molar-refractivity contribution in [3.05, 3.63) is 59.7 Å².